The summed E-state index contributed by atoms with van der Waals surface area (Å²) in [5.41, 5.74) is 5.22. The molecule has 1 aromatic rings. The summed E-state index contributed by atoms with van der Waals surface area (Å²) < 4.78 is 37.8. The van der Waals surface area contributed by atoms with E-state index < -0.39 is 17.8 Å². The van der Waals surface area contributed by atoms with Crippen LogP contribution in [0.4, 0.5) is 23.7 Å². The van der Waals surface area contributed by atoms with Crippen LogP contribution in [0.25, 0.3) is 0 Å². The van der Waals surface area contributed by atoms with Gasteiger partial charge in [-0.3, -0.25) is 0 Å². The molecule has 1 aliphatic carbocycles. The van der Waals surface area contributed by atoms with E-state index in [1.165, 1.54) is 12.1 Å². The maximum Gasteiger partial charge on any atom is 0.416 e. The van der Waals surface area contributed by atoms with E-state index in [0.29, 0.717) is 0 Å². The Morgan fingerprint density at radius 2 is 1.95 bits per heavy atom. The Hall–Kier alpha value is -1.76. The third-order valence-electron chi connectivity index (χ3n) is 3.58. The van der Waals surface area contributed by atoms with Crippen molar-refractivity contribution < 1.29 is 18.0 Å². The number of alkyl halides is 3. The summed E-state index contributed by atoms with van der Waals surface area (Å²) in [4.78, 5) is 11.8. The molecule has 1 fully saturated rings. The molecule has 2 rings (SSSR count). The first-order valence-corrected chi connectivity index (χ1v) is 6.86. The summed E-state index contributed by atoms with van der Waals surface area (Å²) in [6.07, 6.45) is -0.775. The number of benzene rings is 1. The molecule has 2 atom stereocenters. The van der Waals surface area contributed by atoms with Gasteiger partial charge < -0.3 is 16.4 Å². The normalized spacial score (nSPS) is 22.7. The molecule has 7 heteroatoms. The van der Waals surface area contributed by atoms with Crippen molar-refractivity contribution in [3.63, 3.8) is 0 Å². The molecule has 116 valence electrons. The molecule has 0 heterocycles. The molecular weight excluding hydrogens is 283 g/mol. The molecule has 1 aliphatic rings. The maximum absolute atomic E-state index is 12.6. The number of amides is 2. The number of anilines is 1. The first-order valence-electron chi connectivity index (χ1n) is 6.86. The number of rotatable bonds is 2. The van der Waals surface area contributed by atoms with E-state index in [4.69, 9.17) is 5.73 Å². The van der Waals surface area contributed by atoms with Crippen molar-refractivity contribution in [3.05, 3.63) is 29.8 Å². The van der Waals surface area contributed by atoms with Crippen LogP contribution in [-0.2, 0) is 6.18 Å². The second kappa shape index (κ2) is 6.34. The Morgan fingerprint density at radius 1 is 1.24 bits per heavy atom. The second-order valence-corrected chi connectivity index (χ2v) is 5.23. The highest BCUT2D eigenvalue weighted by atomic mass is 19.4. The van der Waals surface area contributed by atoms with Gasteiger partial charge in [0.15, 0.2) is 0 Å². The van der Waals surface area contributed by atoms with Gasteiger partial charge in [0, 0.05) is 17.8 Å². The van der Waals surface area contributed by atoms with Crippen LogP contribution in [0.15, 0.2) is 24.3 Å². The standard InChI is InChI=1S/C14H18F3N3O/c15-14(16,17)9-4-3-5-10(8-9)19-13(21)20-12-7-2-1-6-11(12)18/h3-5,8,11-12H,1-2,6-7,18H2,(H2,19,20,21). The maximum atomic E-state index is 12.6. The van der Waals surface area contributed by atoms with Crippen LogP contribution in [0.1, 0.15) is 31.2 Å². The summed E-state index contributed by atoms with van der Waals surface area (Å²) in [6.45, 7) is 0. The minimum absolute atomic E-state index is 0.103. The van der Waals surface area contributed by atoms with Crippen LogP contribution in [-0.4, -0.2) is 18.1 Å². The lowest BCUT2D eigenvalue weighted by atomic mass is 9.91. The summed E-state index contributed by atoms with van der Waals surface area (Å²) in [5.74, 6) is 0. The van der Waals surface area contributed by atoms with E-state index in [2.05, 4.69) is 10.6 Å². The fourth-order valence-electron chi connectivity index (χ4n) is 2.45. The quantitative estimate of drug-likeness (QED) is 0.785. The predicted octanol–water partition coefficient (Wildman–Crippen LogP) is 3.10. The van der Waals surface area contributed by atoms with Crippen LogP contribution < -0.4 is 16.4 Å². The number of nitrogens with one attached hydrogen (secondary N) is 2. The van der Waals surface area contributed by atoms with Crippen molar-refractivity contribution >= 4 is 11.7 Å². The summed E-state index contributed by atoms with van der Waals surface area (Å²) in [6, 6.07) is 3.76. The lowest BCUT2D eigenvalue weighted by Crippen LogP contribution is -2.50. The highest BCUT2D eigenvalue weighted by molar-refractivity contribution is 5.89. The van der Waals surface area contributed by atoms with Gasteiger partial charge in [0.2, 0.25) is 0 Å². The molecular formula is C14H18F3N3O. The largest absolute Gasteiger partial charge is 0.416 e. The van der Waals surface area contributed by atoms with Gasteiger partial charge in [-0.15, -0.1) is 0 Å². The Morgan fingerprint density at radius 3 is 2.62 bits per heavy atom. The van der Waals surface area contributed by atoms with Crippen molar-refractivity contribution in [1.29, 1.82) is 0 Å². The van der Waals surface area contributed by atoms with E-state index in [9.17, 15) is 18.0 Å². The van der Waals surface area contributed by atoms with Gasteiger partial charge in [0.25, 0.3) is 0 Å². The second-order valence-electron chi connectivity index (χ2n) is 5.23. The minimum atomic E-state index is -4.43. The highest BCUT2D eigenvalue weighted by Crippen LogP contribution is 2.30. The van der Waals surface area contributed by atoms with E-state index in [1.807, 2.05) is 0 Å². The fraction of sp³-hybridized carbons (Fsp3) is 0.500. The number of hydrogen-bond donors (Lipinski definition) is 3. The molecule has 2 amide bonds. The van der Waals surface area contributed by atoms with Crippen molar-refractivity contribution in [2.24, 2.45) is 5.73 Å². The van der Waals surface area contributed by atoms with Crippen molar-refractivity contribution in [2.45, 2.75) is 43.9 Å². The van der Waals surface area contributed by atoms with Crippen LogP contribution in [0, 0.1) is 0 Å². The molecule has 0 aliphatic heterocycles. The lowest BCUT2D eigenvalue weighted by Gasteiger charge is -2.29. The van der Waals surface area contributed by atoms with Gasteiger partial charge in [-0.1, -0.05) is 18.9 Å². The first kappa shape index (κ1) is 15.6. The van der Waals surface area contributed by atoms with Gasteiger partial charge >= 0.3 is 12.2 Å². The average molecular weight is 301 g/mol. The van der Waals surface area contributed by atoms with Crippen molar-refractivity contribution in [2.75, 3.05) is 5.32 Å². The van der Waals surface area contributed by atoms with Crippen LogP contribution in [0.3, 0.4) is 0 Å². The third-order valence-corrected chi connectivity index (χ3v) is 3.58. The number of urea groups is 1. The van der Waals surface area contributed by atoms with Gasteiger partial charge in [0.1, 0.15) is 0 Å². The predicted molar refractivity (Wildman–Crippen MR) is 73.8 cm³/mol. The number of halogens is 3. The molecule has 2 unspecified atom stereocenters. The molecule has 0 radical (unpaired) electrons. The zero-order valence-corrected chi connectivity index (χ0v) is 11.4. The minimum Gasteiger partial charge on any atom is -0.334 e. The van der Waals surface area contributed by atoms with Gasteiger partial charge in [-0.25, -0.2) is 4.79 Å². The SMILES string of the molecule is NC1CCCCC1NC(=O)Nc1cccc(C(F)(F)F)c1. The average Bonchev–Trinajstić information content (AvgIpc) is 2.41. The molecule has 21 heavy (non-hydrogen) atoms. The van der Waals surface area contributed by atoms with Crippen molar-refractivity contribution in [3.8, 4) is 0 Å². The van der Waals surface area contributed by atoms with E-state index in [0.717, 1.165) is 37.8 Å². The molecule has 4 N–H and O–H groups in total. The Kier molecular flexibility index (Phi) is 4.72. The zero-order chi connectivity index (χ0) is 15.5. The van der Waals surface area contributed by atoms with Crippen LogP contribution in [0.2, 0.25) is 0 Å². The Labute approximate surface area is 120 Å². The van der Waals surface area contributed by atoms with Gasteiger partial charge in [-0.2, -0.15) is 13.2 Å². The topological polar surface area (TPSA) is 67.1 Å². The van der Waals surface area contributed by atoms with E-state index in [-0.39, 0.29) is 17.8 Å². The lowest BCUT2D eigenvalue weighted by molar-refractivity contribution is -0.137. The summed E-state index contributed by atoms with van der Waals surface area (Å²) >= 11 is 0. The monoisotopic (exact) mass is 301 g/mol. The molecule has 1 saturated carbocycles. The smallest absolute Gasteiger partial charge is 0.334 e. The molecule has 0 aromatic heterocycles. The Bertz CT molecular complexity index is 504. The fourth-order valence-corrected chi connectivity index (χ4v) is 2.45. The van der Waals surface area contributed by atoms with E-state index in [1.54, 1.807) is 0 Å². The number of carbonyl (C=O) groups excluding carboxylic acids is 1. The molecule has 1 aromatic carbocycles. The van der Waals surface area contributed by atoms with Crippen LogP contribution in [0.5, 0.6) is 0 Å². The molecule has 0 saturated heterocycles. The number of nitrogens with two attached hydrogens (primary N) is 1. The number of carbonyl (C=O) groups is 1. The third kappa shape index (κ3) is 4.35. The van der Waals surface area contributed by atoms with Crippen LogP contribution >= 0.6 is 0 Å². The Balaban J connectivity index is 1.96. The van der Waals surface area contributed by atoms with Crippen molar-refractivity contribution in [1.82, 2.24) is 5.32 Å². The van der Waals surface area contributed by atoms with Gasteiger partial charge in [0.05, 0.1) is 5.56 Å². The van der Waals surface area contributed by atoms with E-state index >= 15 is 0 Å². The molecule has 0 spiro atoms. The highest BCUT2D eigenvalue weighted by Gasteiger charge is 2.30. The van der Waals surface area contributed by atoms with Gasteiger partial charge in [-0.05, 0) is 31.0 Å². The summed E-state index contributed by atoms with van der Waals surface area (Å²) in [5, 5.41) is 5.14. The first-order chi connectivity index (χ1) is 9.86. The number of hydrogen-bond acceptors (Lipinski definition) is 2. The molecule has 0 bridgehead atoms. The zero-order valence-electron chi connectivity index (χ0n) is 11.4. The summed E-state index contributed by atoms with van der Waals surface area (Å²) in [7, 11) is 0. The molecule has 4 nitrogen and oxygen atoms in total.